The molecule has 0 aromatic carbocycles. The van der Waals surface area contributed by atoms with E-state index < -0.39 is 0 Å². The molecular formula is C9H12N4. The summed E-state index contributed by atoms with van der Waals surface area (Å²) in [4.78, 5) is 4.26. The number of pyridine rings is 1. The molecule has 4 heteroatoms. The van der Waals surface area contributed by atoms with Crippen LogP contribution in [0.3, 0.4) is 0 Å². The average Bonchev–Trinajstić information content (AvgIpc) is 2.53. The van der Waals surface area contributed by atoms with Gasteiger partial charge in [-0.25, -0.2) is 9.99 Å². The second-order valence-corrected chi connectivity index (χ2v) is 3.16. The molecule has 0 saturated heterocycles. The minimum atomic E-state index is 0.683. The molecule has 0 spiro atoms. The number of nitrogens with two attached hydrogens (primary N) is 1. The lowest BCUT2D eigenvalue weighted by molar-refractivity contribution is 0.895. The molecule has 0 unspecified atom stereocenters. The first kappa shape index (κ1) is 8.04. The Morgan fingerprint density at radius 3 is 2.85 bits per heavy atom. The molecule has 0 bridgehead atoms. The Labute approximate surface area is 77.1 Å². The van der Waals surface area contributed by atoms with E-state index in [4.69, 9.17) is 5.73 Å². The van der Waals surface area contributed by atoms with Crippen LogP contribution in [-0.4, -0.2) is 17.4 Å². The number of hydrogen-bond donors (Lipinski definition) is 1. The van der Waals surface area contributed by atoms with Crippen LogP contribution < -0.4 is 10.7 Å². The molecular weight excluding hydrogens is 164 g/mol. The molecule has 0 aliphatic carbocycles. The Hall–Kier alpha value is -1.58. The van der Waals surface area contributed by atoms with Crippen molar-refractivity contribution in [3.05, 3.63) is 23.9 Å². The van der Waals surface area contributed by atoms with Crippen molar-refractivity contribution in [2.24, 2.45) is 10.8 Å². The summed E-state index contributed by atoms with van der Waals surface area (Å²) < 4.78 is 0. The van der Waals surface area contributed by atoms with E-state index in [2.05, 4.69) is 10.1 Å². The van der Waals surface area contributed by atoms with Crippen molar-refractivity contribution in [2.45, 2.75) is 13.3 Å². The van der Waals surface area contributed by atoms with Crippen LogP contribution in [0.5, 0.6) is 0 Å². The molecule has 2 N–H and O–H groups in total. The Balaban J connectivity index is 2.22. The highest BCUT2D eigenvalue weighted by atomic mass is 15.5. The van der Waals surface area contributed by atoms with Crippen molar-refractivity contribution < 1.29 is 0 Å². The maximum Gasteiger partial charge on any atom is 0.148 e. The summed E-state index contributed by atoms with van der Waals surface area (Å²) in [5, 5.41) is 5.98. The van der Waals surface area contributed by atoms with Crippen LogP contribution in [0.2, 0.25) is 0 Å². The molecule has 0 saturated carbocycles. The lowest BCUT2D eigenvalue weighted by atomic mass is 10.3. The van der Waals surface area contributed by atoms with Crippen LogP contribution in [-0.2, 0) is 0 Å². The van der Waals surface area contributed by atoms with Crippen molar-refractivity contribution in [3.8, 4) is 0 Å². The molecule has 0 fully saturated rings. The fourth-order valence-electron chi connectivity index (χ4n) is 1.25. The van der Waals surface area contributed by atoms with Gasteiger partial charge in [-0.05, 0) is 18.6 Å². The van der Waals surface area contributed by atoms with Gasteiger partial charge in [0.2, 0.25) is 0 Å². The van der Waals surface area contributed by atoms with Gasteiger partial charge in [-0.3, -0.25) is 0 Å². The van der Waals surface area contributed by atoms with Crippen molar-refractivity contribution in [3.63, 3.8) is 0 Å². The quantitative estimate of drug-likeness (QED) is 0.690. The maximum atomic E-state index is 5.57. The number of nitrogens with zero attached hydrogens (tertiary/aromatic N) is 3. The summed E-state index contributed by atoms with van der Waals surface area (Å²) in [6.45, 7) is 2.85. The van der Waals surface area contributed by atoms with Crippen molar-refractivity contribution in [1.29, 1.82) is 0 Å². The Morgan fingerprint density at radius 1 is 1.46 bits per heavy atom. The number of hydrazone groups is 1. The zero-order valence-corrected chi connectivity index (χ0v) is 7.57. The SMILES string of the molecule is Cc1ccc(N2CCC(N)=N2)nc1. The third kappa shape index (κ3) is 1.61. The summed E-state index contributed by atoms with van der Waals surface area (Å²) >= 11 is 0. The molecule has 1 aliphatic rings. The molecule has 0 amide bonds. The third-order valence-electron chi connectivity index (χ3n) is 1.99. The van der Waals surface area contributed by atoms with Gasteiger partial charge in [-0.15, -0.1) is 0 Å². The van der Waals surface area contributed by atoms with Gasteiger partial charge < -0.3 is 5.73 Å². The van der Waals surface area contributed by atoms with Gasteiger partial charge in [-0.1, -0.05) is 6.07 Å². The Kier molecular flexibility index (Phi) is 1.88. The summed E-state index contributed by atoms with van der Waals surface area (Å²) in [6.07, 6.45) is 2.66. The molecule has 1 aliphatic heterocycles. The maximum absolute atomic E-state index is 5.57. The molecule has 1 aromatic heterocycles. The largest absolute Gasteiger partial charge is 0.386 e. The second-order valence-electron chi connectivity index (χ2n) is 3.16. The topological polar surface area (TPSA) is 54.5 Å². The Bertz CT molecular complexity index is 328. The first-order valence-corrected chi connectivity index (χ1v) is 4.29. The van der Waals surface area contributed by atoms with E-state index in [0.29, 0.717) is 5.84 Å². The molecule has 13 heavy (non-hydrogen) atoms. The number of anilines is 1. The van der Waals surface area contributed by atoms with Crippen LogP contribution in [0, 0.1) is 6.92 Å². The van der Waals surface area contributed by atoms with Crippen molar-refractivity contribution in [1.82, 2.24) is 4.98 Å². The Morgan fingerprint density at radius 2 is 2.31 bits per heavy atom. The summed E-state index contributed by atoms with van der Waals surface area (Å²) in [6, 6.07) is 3.98. The van der Waals surface area contributed by atoms with E-state index >= 15 is 0 Å². The van der Waals surface area contributed by atoms with Crippen LogP contribution in [0.15, 0.2) is 23.4 Å². The zero-order chi connectivity index (χ0) is 9.26. The fraction of sp³-hybridized carbons (Fsp3) is 0.333. The van der Waals surface area contributed by atoms with E-state index in [-0.39, 0.29) is 0 Å². The molecule has 68 valence electrons. The predicted octanol–water partition coefficient (Wildman–Crippen LogP) is 0.872. The summed E-state index contributed by atoms with van der Waals surface area (Å²) in [7, 11) is 0. The third-order valence-corrected chi connectivity index (χ3v) is 1.99. The van der Waals surface area contributed by atoms with E-state index in [9.17, 15) is 0 Å². The average molecular weight is 176 g/mol. The first-order valence-electron chi connectivity index (χ1n) is 4.29. The standard InChI is InChI=1S/C9H12N4/c1-7-2-3-9(11-6-7)13-5-4-8(10)12-13/h2-3,6H,4-5H2,1H3,(H2,10,12). The molecule has 0 atom stereocenters. The number of rotatable bonds is 1. The van der Waals surface area contributed by atoms with Crippen molar-refractivity contribution in [2.75, 3.05) is 11.6 Å². The van der Waals surface area contributed by atoms with E-state index in [0.717, 1.165) is 24.3 Å². The molecule has 0 radical (unpaired) electrons. The van der Waals surface area contributed by atoms with Gasteiger partial charge in [0.15, 0.2) is 0 Å². The van der Waals surface area contributed by atoms with Gasteiger partial charge >= 0.3 is 0 Å². The molecule has 1 aromatic rings. The minimum Gasteiger partial charge on any atom is -0.386 e. The first-order chi connectivity index (χ1) is 6.25. The van der Waals surface area contributed by atoms with Gasteiger partial charge in [0, 0.05) is 12.6 Å². The fourth-order valence-corrected chi connectivity index (χ4v) is 1.25. The van der Waals surface area contributed by atoms with E-state index in [1.54, 1.807) is 0 Å². The normalized spacial score (nSPS) is 16.1. The van der Waals surface area contributed by atoms with Gasteiger partial charge in [0.05, 0.1) is 6.54 Å². The second kappa shape index (κ2) is 3.05. The molecule has 4 nitrogen and oxygen atoms in total. The van der Waals surface area contributed by atoms with Gasteiger partial charge in [0.25, 0.3) is 0 Å². The van der Waals surface area contributed by atoms with Crippen molar-refractivity contribution >= 4 is 11.7 Å². The molecule has 2 heterocycles. The smallest absolute Gasteiger partial charge is 0.148 e. The molecule has 2 rings (SSSR count). The number of aryl methyl sites for hydroxylation is 1. The van der Waals surface area contributed by atoms with Crippen LogP contribution in [0.1, 0.15) is 12.0 Å². The number of aromatic nitrogens is 1. The van der Waals surface area contributed by atoms with Crippen LogP contribution in [0.4, 0.5) is 5.82 Å². The monoisotopic (exact) mass is 176 g/mol. The highest BCUT2D eigenvalue weighted by Crippen LogP contribution is 2.15. The van der Waals surface area contributed by atoms with Gasteiger partial charge in [-0.2, -0.15) is 5.10 Å². The number of amidine groups is 1. The summed E-state index contributed by atoms with van der Waals surface area (Å²) in [5.41, 5.74) is 6.73. The summed E-state index contributed by atoms with van der Waals surface area (Å²) in [5.74, 6) is 1.55. The van der Waals surface area contributed by atoms with Crippen LogP contribution in [0.25, 0.3) is 0 Å². The van der Waals surface area contributed by atoms with Crippen LogP contribution >= 0.6 is 0 Å². The zero-order valence-electron chi connectivity index (χ0n) is 7.57. The lowest BCUT2D eigenvalue weighted by Gasteiger charge is -2.11. The lowest BCUT2D eigenvalue weighted by Crippen LogP contribution is -2.13. The highest BCUT2D eigenvalue weighted by Gasteiger charge is 2.13. The van der Waals surface area contributed by atoms with Gasteiger partial charge in [0.1, 0.15) is 11.7 Å². The minimum absolute atomic E-state index is 0.683. The number of hydrogen-bond acceptors (Lipinski definition) is 4. The van der Waals surface area contributed by atoms with E-state index in [1.807, 2.05) is 30.3 Å². The highest BCUT2D eigenvalue weighted by molar-refractivity contribution is 5.83. The van der Waals surface area contributed by atoms with E-state index in [1.165, 1.54) is 0 Å². The predicted molar refractivity (Wildman–Crippen MR) is 52.6 cm³/mol.